The van der Waals surface area contributed by atoms with Crippen molar-refractivity contribution in [3.63, 3.8) is 0 Å². The minimum atomic E-state index is 0.0455. The lowest BCUT2D eigenvalue weighted by atomic mass is 10.1. The summed E-state index contributed by atoms with van der Waals surface area (Å²) in [4.78, 5) is 11.4. The summed E-state index contributed by atoms with van der Waals surface area (Å²) in [5.74, 6) is 0.626. The van der Waals surface area contributed by atoms with Gasteiger partial charge in [0, 0.05) is 25.4 Å². The molecule has 0 bridgehead atoms. The van der Waals surface area contributed by atoms with Crippen LogP contribution in [0.3, 0.4) is 0 Å². The van der Waals surface area contributed by atoms with Crippen LogP contribution in [0.1, 0.15) is 38.5 Å². The van der Waals surface area contributed by atoms with Crippen molar-refractivity contribution in [2.75, 3.05) is 6.54 Å². The van der Waals surface area contributed by atoms with Gasteiger partial charge in [-0.25, -0.2) is 0 Å². The third-order valence-corrected chi connectivity index (χ3v) is 2.69. The average Bonchev–Trinajstić information content (AvgIpc) is 3.00. The van der Waals surface area contributed by atoms with Gasteiger partial charge >= 0.3 is 0 Å². The molecule has 1 rings (SSSR count). The fourth-order valence-corrected chi connectivity index (χ4v) is 1.53. The molecule has 0 radical (unpaired) electrons. The van der Waals surface area contributed by atoms with Crippen LogP contribution in [0.25, 0.3) is 0 Å². The first-order chi connectivity index (χ1) is 7.24. The molecule has 1 amide bonds. The van der Waals surface area contributed by atoms with Crippen molar-refractivity contribution in [3.05, 3.63) is 0 Å². The van der Waals surface area contributed by atoms with Gasteiger partial charge in [0.25, 0.3) is 0 Å². The zero-order valence-electron chi connectivity index (χ0n) is 9.04. The predicted octanol–water partition coefficient (Wildman–Crippen LogP) is 0.924. The molecule has 1 fully saturated rings. The van der Waals surface area contributed by atoms with Gasteiger partial charge in [-0.2, -0.15) is 5.26 Å². The van der Waals surface area contributed by atoms with E-state index in [9.17, 15) is 4.79 Å². The summed E-state index contributed by atoms with van der Waals surface area (Å²) in [5.41, 5.74) is 5.83. The molecule has 1 atom stereocenters. The van der Waals surface area contributed by atoms with E-state index in [2.05, 4.69) is 11.4 Å². The number of carbonyl (C=O) groups excluding carboxylic acids is 1. The van der Waals surface area contributed by atoms with Gasteiger partial charge in [-0.1, -0.05) is 0 Å². The Morgan fingerprint density at radius 2 is 2.27 bits per heavy atom. The third kappa shape index (κ3) is 5.38. The topological polar surface area (TPSA) is 78.9 Å². The van der Waals surface area contributed by atoms with E-state index in [1.165, 1.54) is 12.8 Å². The van der Waals surface area contributed by atoms with Gasteiger partial charge in [0.1, 0.15) is 0 Å². The molecular formula is C11H19N3O. The van der Waals surface area contributed by atoms with E-state index < -0.39 is 0 Å². The van der Waals surface area contributed by atoms with E-state index in [1.54, 1.807) is 0 Å². The first-order valence-corrected chi connectivity index (χ1v) is 5.63. The highest BCUT2D eigenvalue weighted by Crippen LogP contribution is 2.32. The number of carbonyl (C=O) groups is 1. The molecule has 1 unspecified atom stereocenters. The number of amides is 1. The molecule has 4 nitrogen and oxygen atoms in total. The summed E-state index contributed by atoms with van der Waals surface area (Å²) in [6.07, 6.45) is 5.09. The molecule has 0 spiro atoms. The molecule has 0 aromatic heterocycles. The first-order valence-electron chi connectivity index (χ1n) is 5.63. The Labute approximate surface area is 90.8 Å². The highest BCUT2D eigenvalue weighted by atomic mass is 16.1. The van der Waals surface area contributed by atoms with E-state index >= 15 is 0 Å². The van der Waals surface area contributed by atoms with Gasteiger partial charge < -0.3 is 11.1 Å². The lowest BCUT2D eigenvalue weighted by Gasteiger charge is -2.09. The maximum Gasteiger partial charge on any atom is 0.221 e. The monoisotopic (exact) mass is 209 g/mol. The quantitative estimate of drug-likeness (QED) is 0.612. The second-order valence-electron chi connectivity index (χ2n) is 4.17. The van der Waals surface area contributed by atoms with Crippen LogP contribution < -0.4 is 11.1 Å². The van der Waals surface area contributed by atoms with Gasteiger partial charge in [0.15, 0.2) is 0 Å². The largest absolute Gasteiger partial charge is 0.356 e. The molecular weight excluding hydrogens is 190 g/mol. The number of nitrogens with zero attached hydrogens (tertiary/aromatic N) is 1. The van der Waals surface area contributed by atoms with Gasteiger partial charge in [-0.05, 0) is 31.6 Å². The van der Waals surface area contributed by atoms with E-state index in [1.807, 2.05) is 0 Å². The maximum atomic E-state index is 11.4. The molecule has 0 heterocycles. The van der Waals surface area contributed by atoms with Gasteiger partial charge in [-0.15, -0.1) is 0 Å². The molecule has 4 heteroatoms. The summed E-state index contributed by atoms with van der Waals surface area (Å²) in [5, 5.41) is 11.1. The predicted molar refractivity (Wildman–Crippen MR) is 57.8 cm³/mol. The second-order valence-corrected chi connectivity index (χ2v) is 4.17. The SMILES string of the molecule is N#CCCCCNC(=O)CC(N)C1CC1. The standard InChI is InChI=1S/C11H19N3O/c12-6-2-1-3-7-14-11(15)8-10(13)9-4-5-9/h9-10H,1-5,7-8,13H2,(H,14,15). The molecule has 15 heavy (non-hydrogen) atoms. The van der Waals surface area contributed by atoms with E-state index in [-0.39, 0.29) is 11.9 Å². The maximum absolute atomic E-state index is 11.4. The van der Waals surface area contributed by atoms with Crippen LogP contribution in [0, 0.1) is 17.2 Å². The van der Waals surface area contributed by atoms with E-state index in [0.29, 0.717) is 25.3 Å². The number of rotatable bonds is 7. The van der Waals surface area contributed by atoms with Crippen molar-refractivity contribution in [2.24, 2.45) is 11.7 Å². The molecule has 1 saturated carbocycles. The lowest BCUT2D eigenvalue weighted by molar-refractivity contribution is -0.121. The second kappa shape index (κ2) is 6.41. The number of hydrogen-bond donors (Lipinski definition) is 2. The number of unbranched alkanes of at least 4 members (excludes halogenated alkanes) is 2. The number of hydrogen-bond acceptors (Lipinski definition) is 3. The first kappa shape index (κ1) is 12.0. The van der Waals surface area contributed by atoms with Crippen molar-refractivity contribution in [1.82, 2.24) is 5.32 Å². The molecule has 84 valence electrons. The highest BCUT2D eigenvalue weighted by molar-refractivity contribution is 5.76. The Balaban J connectivity index is 1.96. The van der Waals surface area contributed by atoms with Crippen LogP contribution in [-0.4, -0.2) is 18.5 Å². The highest BCUT2D eigenvalue weighted by Gasteiger charge is 2.29. The van der Waals surface area contributed by atoms with Crippen LogP contribution in [0.5, 0.6) is 0 Å². The van der Waals surface area contributed by atoms with Crippen molar-refractivity contribution in [3.8, 4) is 6.07 Å². The fourth-order valence-electron chi connectivity index (χ4n) is 1.53. The van der Waals surface area contributed by atoms with Crippen molar-refractivity contribution in [2.45, 2.75) is 44.6 Å². The van der Waals surface area contributed by atoms with Gasteiger partial charge in [0.05, 0.1) is 6.07 Å². The van der Waals surface area contributed by atoms with Crippen molar-refractivity contribution >= 4 is 5.91 Å². The minimum absolute atomic E-state index is 0.0455. The van der Waals surface area contributed by atoms with Crippen LogP contribution >= 0.6 is 0 Å². The molecule has 0 aromatic carbocycles. The third-order valence-electron chi connectivity index (χ3n) is 2.69. The van der Waals surface area contributed by atoms with Gasteiger partial charge in [0.2, 0.25) is 5.91 Å². The smallest absolute Gasteiger partial charge is 0.221 e. The lowest BCUT2D eigenvalue weighted by Crippen LogP contribution is -2.33. The Morgan fingerprint density at radius 1 is 1.53 bits per heavy atom. The minimum Gasteiger partial charge on any atom is -0.356 e. The molecule has 3 N–H and O–H groups in total. The van der Waals surface area contributed by atoms with Crippen LogP contribution in [-0.2, 0) is 4.79 Å². The van der Waals surface area contributed by atoms with E-state index in [0.717, 1.165) is 12.8 Å². The normalized spacial score (nSPS) is 16.8. The Bertz CT molecular complexity index is 243. The Kier molecular flexibility index (Phi) is 5.13. The zero-order valence-corrected chi connectivity index (χ0v) is 9.04. The number of nitrogens with one attached hydrogen (secondary N) is 1. The van der Waals surface area contributed by atoms with Crippen LogP contribution in [0.15, 0.2) is 0 Å². The molecule has 1 aliphatic carbocycles. The summed E-state index contributed by atoms with van der Waals surface area (Å²) < 4.78 is 0. The molecule has 1 aliphatic rings. The molecule has 0 saturated heterocycles. The summed E-state index contributed by atoms with van der Waals surface area (Å²) >= 11 is 0. The summed E-state index contributed by atoms with van der Waals surface area (Å²) in [7, 11) is 0. The Hall–Kier alpha value is -1.08. The van der Waals surface area contributed by atoms with Crippen molar-refractivity contribution < 1.29 is 4.79 Å². The molecule has 0 aliphatic heterocycles. The fraction of sp³-hybridized carbons (Fsp3) is 0.818. The molecule has 0 aromatic rings. The summed E-state index contributed by atoms with van der Waals surface area (Å²) in [6.45, 7) is 0.665. The number of nitrogens with two attached hydrogens (primary N) is 1. The average molecular weight is 209 g/mol. The summed E-state index contributed by atoms with van der Waals surface area (Å²) in [6, 6.07) is 2.12. The van der Waals surface area contributed by atoms with Crippen LogP contribution in [0.2, 0.25) is 0 Å². The van der Waals surface area contributed by atoms with Crippen molar-refractivity contribution in [1.29, 1.82) is 5.26 Å². The van der Waals surface area contributed by atoms with Gasteiger partial charge in [-0.3, -0.25) is 4.79 Å². The van der Waals surface area contributed by atoms with E-state index in [4.69, 9.17) is 11.0 Å². The van der Waals surface area contributed by atoms with Crippen LogP contribution in [0.4, 0.5) is 0 Å². The Morgan fingerprint density at radius 3 is 2.87 bits per heavy atom. The number of nitriles is 1. The zero-order chi connectivity index (χ0) is 11.1.